The van der Waals surface area contributed by atoms with Gasteiger partial charge in [-0.2, -0.15) is 13.2 Å². The van der Waals surface area contributed by atoms with Gasteiger partial charge in [-0.15, -0.1) is 0 Å². The molecule has 0 saturated carbocycles. The molecule has 1 aromatic carbocycles. The Bertz CT molecular complexity index is 867. The second-order valence-electron chi connectivity index (χ2n) is 7.34. The maximum absolute atomic E-state index is 12.9. The molecule has 1 fully saturated rings. The van der Waals surface area contributed by atoms with Crippen molar-refractivity contribution in [1.29, 1.82) is 0 Å². The molecule has 1 aromatic heterocycles. The van der Waals surface area contributed by atoms with Crippen LogP contribution in [-0.4, -0.2) is 49.7 Å². The van der Waals surface area contributed by atoms with Gasteiger partial charge in [0.25, 0.3) is 0 Å². The van der Waals surface area contributed by atoms with Crippen molar-refractivity contribution in [3.05, 3.63) is 48.2 Å². The number of anilines is 2. The zero-order valence-electron chi connectivity index (χ0n) is 16.9. The number of nitrogens with zero attached hydrogens (tertiary/aromatic N) is 3. The van der Waals surface area contributed by atoms with Crippen molar-refractivity contribution in [2.24, 2.45) is 5.92 Å². The molecular weight excluding hydrogens is 397 g/mol. The fourth-order valence-corrected chi connectivity index (χ4v) is 3.55. The number of carbonyl (C=O) groups is 1. The van der Waals surface area contributed by atoms with E-state index in [0.29, 0.717) is 36.9 Å². The number of aromatic nitrogens is 1. The molecule has 2 amide bonds. The van der Waals surface area contributed by atoms with Crippen LogP contribution in [0.25, 0.3) is 0 Å². The Morgan fingerprint density at radius 1 is 1.27 bits per heavy atom. The fourth-order valence-electron chi connectivity index (χ4n) is 3.55. The second-order valence-corrected chi connectivity index (χ2v) is 7.34. The molecule has 1 saturated heterocycles. The molecule has 0 radical (unpaired) electrons. The van der Waals surface area contributed by atoms with Gasteiger partial charge >= 0.3 is 12.2 Å². The number of methoxy groups -OCH3 is 1. The zero-order valence-corrected chi connectivity index (χ0v) is 16.9. The van der Waals surface area contributed by atoms with E-state index in [-0.39, 0.29) is 11.9 Å². The van der Waals surface area contributed by atoms with E-state index in [2.05, 4.69) is 10.3 Å². The van der Waals surface area contributed by atoms with E-state index in [4.69, 9.17) is 4.74 Å². The normalized spacial score (nSPS) is 15.0. The number of piperidine rings is 1. The van der Waals surface area contributed by atoms with Gasteiger partial charge in [0.1, 0.15) is 11.6 Å². The van der Waals surface area contributed by atoms with Crippen molar-refractivity contribution in [2.45, 2.75) is 19.0 Å². The van der Waals surface area contributed by atoms with Gasteiger partial charge in [0.2, 0.25) is 0 Å². The summed E-state index contributed by atoms with van der Waals surface area (Å²) in [7, 11) is 3.29. The van der Waals surface area contributed by atoms with Crippen molar-refractivity contribution in [3.63, 3.8) is 0 Å². The summed E-state index contributed by atoms with van der Waals surface area (Å²) in [5.41, 5.74) is -0.0929. The number of likely N-dealkylation sites (tertiary alicyclic amines) is 1. The van der Waals surface area contributed by atoms with Crippen LogP contribution in [0.3, 0.4) is 0 Å². The van der Waals surface area contributed by atoms with E-state index in [9.17, 15) is 18.0 Å². The van der Waals surface area contributed by atoms with Gasteiger partial charge in [-0.1, -0.05) is 12.1 Å². The SMILES string of the molecule is COc1ccccc1NC(=O)N1CCC(CN(C)c2cc(C(F)(F)F)ccn2)CC1. The minimum atomic E-state index is -4.39. The maximum Gasteiger partial charge on any atom is 0.416 e. The van der Waals surface area contributed by atoms with Crippen LogP contribution in [0.4, 0.5) is 29.5 Å². The van der Waals surface area contributed by atoms with Crippen LogP contribution < -0.4 is 15.0 Å². The van der Waals surface area contributed by atoms with Crippen LogP contribution in [-0.2, 0) is 6.18 Å². The number of rotatable bonds is 5. The molecule has 2 heterocycles. The van der Waals surface area contributed by atoms with E-state index in [1.54, 1.807) is 36.1 Å². The number of pyridine rings is 1. The molecule has 1 aliphatic heterocycles. The standard InChI is InChI=1S/C21H25F3N4O2/c1-27(19-13-16(7-10-25-19)21(22,23)24)14-15-8-11-28(12-9-15)20(29)26-17-5-3-4-6-18(17)30-2/h3-7,10,13,15H,8-9,11-12,14H2,1-2H3,(H,26,29). The van der Waals surface area contributed by atoms with E-state index in [1.807, 2.05) is 12.1 Å². The lowest BCUT2D eigenvalue weighted by Gasteiger charge is -2.34. The average Bonchev–Trinajstić information content (AvgIpc) is 2.74. The Morgan fingerprint density at radius 2 is 1.97 bits per heavy atom. The number of para-hydroxylation sites is 2. The summed E-state index contributed by atoms with van der Waals surface area (Å²) < 4.78 is 44.0. The summed E-state index contributed by atoms with van der Waals surface area (Å²) in [5.74, 6) is 1.15. The van der Waals surface area contributed by atoms with Crippen molar-refractivity contribution in [2.75, 3.05) is 44.0 Å². The molecule has 3 rings (SSSR count). The third kappa shape index (κ3) is 5.34. The summed E-state index contributed by atoms with van der Waals surface area (Å²) in [6.45, 7) is 1.74. The summed E-state index contributed by atoms with van der Waals surface area (Å²) in [4.78, 5) is 20.1. The van der Waals surface area contributed by atoms with Gasteiger partial charge in [0.15, 0.2) is 0 Å². The minimum Gasteiger partial charge on any atom is -0.495 e. The molecule has 6 nitrogen and oxygen atoms in total. The van der Waals surface area contributed by atoms with Gasteiger partial charge in [0.05, 0.1) is 18.4 Å². The molecule has 30 heavy (non-hydrogen) atoms. The topological polar surface area (TPSA) is 57.7 Å². The highest BCUT2D eigenvalue weighted by atomic mass is 19.4. The number of ether oxygens (including phenoxy) is 1. The van der Waals surface area contributed by atoms with Gasteiger partial charge in [0, 0.05) is 32.9 Å². The monoisotopic (exact) mass is 422 g/mol. The maximum atomic E-state index is 12.9. The van der Waals surface area contributed by atoms with Crippen LogP contribution in [0.2, 0.25) is 0 Å². The van der Waals surface area contributed by atoms with Crippen molar-refractivity contribution in [3.8, 4) is 5.75 Å². The van der Waals surface area contributed by atoms with Gasteiger partial charge < -0.3 is 19.9 Å². The highest BCUT2D eigenvalue weighted by Crippen LogP contribution is 2.31. The van der Waals surface area contributed by atoms with Gasteiger partial charge in [-0.25, -0.2) is 9.78 Å². The van der Waals surface area contributed by atoms with Crippen LogP contribution in [0.1, 0.15) is 18.4 Å². The lowest BCUT2D eigenvalue weighted by atomic mass is 9.96. The van der Waals surface area contributed by atoms with E-state index in [1.165, 1.54) is 6.20 Å². The quantitative estimate of drug-likeness (QED) is 0.772. The molecule has 0 unspecified atom stereocenters. The largest absolute Gasteiger partial charge is 0.495 e. The predicted molar refractivity (Wildman–Crippen MR) is 109 cm³/mol. The molecule has 162 valence electrons. The molecule has 9 heteroatoms. The number of amides is 2. The number of hydrogen-bond acceptors (Lipinski definition) is 4. The van der Waals surface area contributed by atoms with E-state index >= 15 is 0 Å². The van der Waals surface area contributed by atoms with Crippen LogP contribution in [0.5, 0.6) is 5.75 Å². The Morgan fingerprint density at radius 3 is 2.63 bits per heavy atom. The van der Waals surface area contributed by atoms with Gasteiger partial charge in [-0.3, -0.25) is 0 Å². The second kappa shape index (κ2) is 9.23. The van der Waals surface area contributed by atoms with E-state index in [0.717, 1.165) is 25.0 Å². The first-order valence-electron chi connectivity index (χ1n) is 9.71. The average molecular weight is 422 g/mol. The Kier molecular flexibility index (Phi) is 6.69. The molecule has 1 aliphatic rings. The number of urea groups is 1. The zero-order chi connectivity index (χ0) is 21.7. The number of halogens is 3. The summed E-state index contributed by atoms with van der Waals surface area (Å²) in [5, 5.41) is 2.87. The van der Waals surface area contributed by atoms with Crippen molar-refractivity contribution >= 4 is 17.5 Å². The van der Waals surface area contributed by atoms with Crippen molar-refractivity contribution < 1.29 is 22.7 Å². The summed E-state index contributed by atoms with van der Waals surface area (Å²) in [6, 6.07) is 9.05. The van der Waals surface area contributed by atoms with Gasteiger partial charge in [-0.05, 0) is 43.0 Å². The first kappa shape index (κ1) is 21.7. The third-order valence-electron chi connectivity index (χ3n) is 5.25. The van der Waals surface area contributed by atoms with Crippen LogP contribution in [0.15, 0.2) is 42.6 Å². The molecule has 0 spiro atoms. The first-order valence-corrected chi connectivity index (χ1v) is 9.71. The Labute approximate surface area is 173 Å². The molecule has 2 aromatic rings. The highest BCUT2D eigenvalue weighted by molar-refractivity contribution is 5.91. The Hall–Kier alpha value is -2.97. The molecule has 0 aliphatic carbocycles. The Balaban J connectivity index is 1.52. The molecular formula is C21H25F3N4O2. The van der Waals surface area contributed by atoms with Crippen molar-refractivity contribution in [1.82, 2.24) is 9.88 Å². The third-order valence-corrected chi connectivity index (χ3v) is 5.25. The number of carbonyl (C=O) groups excluding carboxylic acids is 1. The molecule has 0 atom stereocenters. The first-order chi connectivity index (χ1) is 14.3. The smallest absolute Gasteiger partial charge is 0.416 e. The number of hydrogen-bond donors (Lipinski definition) is 1. The lowest BCUT2D eigenvalue weighted by molar-refractivity contribution is -0.137. The number of alkyl halides is 3. The predicted octanol–water partition coefficient (Wildman–Crippen LogP) is 4.49. The van der Waals surface area contributed by atoms with Crippen LogP contribution >= 0.6 is 0 Å². The summed E-state index contributed by atoms with van der Waals surface area (Å²) in [6.07, 6.45) is -1.68. The van der Waals surface area contributed by atoms with E-state index < -0.39 is 11.7 Å². The summed E-state index contributed by atoms with van der Waals surface area (Å²) >= 11 is 0. The molecule has 0 bridgehead atoms. The fraction of sp³-hybridized carbons (Fsp3) is 0.429. The highest BCUT2D eigenvalue weighted by Gasteiger charge is 2.31. The molecule has 1 N–H and O–H groups in total. The lowest BCUT2D eigenvalue weighted by Crippen LogP contribution is -2.43. The minimum absolute atomic E-state index is 0.189. The van der Waals surface area contributed by atoms with Crippen LogP contribution in [0, 0.1) is 5.92 Å². The number of benzene rings is 1. The number of nitrogens with one attached hydrogen (secondary N) is 1.